The van der Waals surface area contributed by atoms with Gasteiger partial charge in [-0.1, -0.05) is 41.7 Å². The van der Waals surface area contributed by atoms with Crippen molar-refractivity contribution in [1.29, 1.82) is 0 Å². The molecule has 0 saturated carbocycles. The minimum Gasteiger partial charge on any atom is -0.497 e. The molecule has 2 aromatic carbocycles. The lowest BCUT2D eigenvalue weighted by Gasteiger charge is -2.25. The molecular weight excluding hydrogens is 398 g/mol. The van der Waals surface area contributed by atoms with Gasteiger partial charge in [0.25, 0.3) is 5.91 Å². The molecule has 156 valence electrons. The number of carbonyl (C=O) groups excluding carboxylic acids is 1. The average molecular weight is 424 g/mol. The van der Waals surface area contributed by atoms with E-state index in [1.54, 1.807) is 32.4 Å². The van der Waals surface area contributed by atoms with Gasteiger partial charge >= 0.3 is 0 Å². The molecule has 0 bridgehead atoms. The topological polar surface area (TPSA) is 63.7 Å². The molecule has 1 amide bonds. The normalized spacial score (nSPS) is 13.7. The fourth-order valence-electron chi connectivity index (χ4n) is 3.56. The number of hydrogen-bond donors (Lipinski definition) is 1. The Kier molecular flexibility index (Phi) is 6.18. The van der Waals surface area contributed by atoms with Crippen LogP contribution in [-0.2, 0) is 0 Å². The summed E-state index contributed by atoms with van der Waals surface area (Å²) in [7, 11) is 3.17. The van der Waals surface area contributed by atoms with Crippen LogP contribution in [0.2, 0.25) is 0 Å². The standard InChI is InChI=1S/C23H25N3O3S/c1-28-17-11-12-18(19(15-17)29-2)24-22(27)21-20(16-9-5-3-6-10-16)25-23(30-21)26-13-7-4-8-14-26/h3,5-6,9-12,15H,4,7-8,13-14H2,1-2H3,(H,24,27). The summed E-state index contributed by atoms with van der Waals surface area (Å²) in [6.45, 7) is 1.96. The number of anilines is 2. The number of thiazole rings is 1. The number of nitrogens with zero attached hydrogens (tertiary/aromatic N) is 2. The van der Waals surface area contributed by atoms with Gasteiger partial charge in [-0.05, 0) is 31.4 Å². The summed E-state index contributed by atoms with van der Waals surface area (Å²) in [6, 6.07) is 15.2. The van der Waals surface area contributed by atoms with E-state index in [1.807, 2.05) is 30.3 Å². The third-order valence-electron chi connectivity index (χ3n) is 5.15. The molecule has 1 N–H and O–H groups in total. The summed E-state index contributed by atoms with van der Waals surface area (Å²) < 4.78 is 10.7. The highest BCUT2D eigenvalue weighted by atomic mass is 32.1. The summed E-state index contributed by atoms with van der Waals surface area (Å²) in [5, 5.41) is 3.89. The quantitative estimate of drug-likeness (QED) is 0.600. The van der Waals surface area contributed by atoms with Crippen LogP contribution in [0.3, 0.4) is 0 Å². The van der Waals surface area contributed by atoms with E-state index >= 15 is 0 Å². The summed E-state index contributed by atoms with van der Waals surface area (Å²) >= 11 is 1.45. The highest BCUT2D eigenvalue weighted by Gasteiger charge is 2.24. The van der Waals surface area contributed by atoms with Crippen LogP contribution >= 0.6 is 11.3 Å². The number of methoxy groups -OCH3 is 2. The Morgan fingerprint density at radius 1 is 1.03 bits per heavy atom. The van der Waals surface area contributed by atoms with E-state index < -0.39 is 0 Å². The monoisotopic (exact) mass is 423 g/mol. The van der Waals surface area contributed by atoms with Crippen LogP contribution in [-0.4, -0.2) is 38.2 Å². The number of ether oxygens (including phenoxy) is 2. The van der Waals surface area contributed by atoms with E-state index in [-0.39, 0.29) is 5.91 Å². The van der Waals surface area contributed by atoms with E-state index in [4.69, 9.17) is 14.5 Å². The Bertz CT molecular complexity index is 1010. The Hall–Kier alpha value is -3.06. The molecule has 0 radical (unpaired) electrons. The summed E-state index contributed by atoms with van der Waals surface area (Å²) in [6.07, 6.45) is 3.56. The molecule has 30 heavy (non-hydrogen) atoms. The molecule has 1 fully saturated rings. The lowest BCUT2D eigenvalue weighted by Crippen LogP contribution is -2.29. The van der Waals surface area contributed by atoms with E-state index in [0.717, 1.165) is 36.6 Å². The van der Waals surface area contributed by atoms with Gasteiger partial charge in [0, 0.05) is 24.7 Å². The Morgan fingerprint density at radius 3 is 2.50 bits per heavy atom. The summed E-state index contributed by atoms with van der Waals surface area (Å²) in [4.78, 5) is 21.0. The molecule has 7 heteroatoms. The number of aromatic nitrogens is 1. The van der Waals surface area contributed by atoms with Gasteiger partial charge in [-0.15, -0.1) is 0 Å². The van der Waals surface area contributed by atoms with E-state index in [0.29, 0.717) is 27.8 Å². The first-order valence-electron chi connectivity index (χ1n) is 10.0. The second-order valence-electron chi connectivity index (χ2n) is 7.11. The first-order valence-corrected chi connectivity index (χ1v) is 10.9. The van der Waals surface area contributed by atoms with Crippen LogP contribution < -0.4 is 19.7 Å². The molecule has 0 spiro atoms. The van der Waals surface area contributed by atoms with Crippen molar-refractivity contribution in [2.45, 2.75) is 19.3 Å². The number of rotatable bonds is 6. The summed E-state index contributed by atoms with van der Waals surface area (Å²) in [5.41, 5.74) is 2.24. The zero-order valence-corrected chi connectivity index (χ0v) is 18.0. The van der Waals surface area contributed by atoms with Gasteiger partial charge in [-0.25, -0.2) is 4.98 Å². The third kappa shape index (κ3) is 4.26. The Balaban J connectivity index is 1.68. The van der Waals surface area contributed by atoms with Crippen LogP contribution in [0.1, 0.15) is 28.9 Å². The zero-order chi connectivity index (χ0) is 20.9. The van der Waals surface area contributed by atoms with Gasteiger partial charge < -0.3 is 19.7 Å². The predicted octanol–water partition coefficient (Wildman–Crippen LogP) is 5.07. The molecule has 1 saturated heterocycles. The number of nitrogens with one attached hydrogen (secondary N) is 1. The van der Waals surface area contributed by atoms with Crippen molar-refractivity contribution >= 4 is 28.1 Å². The van der Waals surface area contributed by atoms with Crippen LogP contribution in [0.15, 0.2) is 48.5 Å². The smallest absolute Gasteiger partial charge is 0.268 e. The van der Waals surface area contributed by atoms with Gasteiger partial charge in [0.2, 0.25) is 0 Å². The SMILES string of the molecule is COc1ccc(NC(=O)c2sc(N3CCCCC3)nc2-c2ccccc2)c(OC)c1. The molecule has 3 aromatic rings. The minimum absolute atomic E-state index is 0.196. The first kappa shape index (κ1) is 20.2. The molecule has 0 unspecified atom stereocenters. The number of hydrogen-bond acceptors (Lipinski definition) is 6. The lowest BCUT2D eigenvalue weighted by atomic mass is 10.1. The molecule has 4 rings (SSSR count). The first-order chi connectivity index (χ1) is 14.7. The molecular formula is C23H25N3O3S. The molecule has 1 aromatic heterocycles. The summed E-state index contributed by atoms with van der Waals surface area (Å²) in [5.74, 6) is 1.02. The van der Waals surface area contributed by atoms with Crippen molar-refractivity contribution in [1.82, 2.24) is 4.98 Å². The van der Waals surface area contributed by atoms with Crippen molar-refractivity contribution in [2.75, 3.05) is 37.5 Å². The van der Waals surface area contributed by atoms with Crippen LogP contribution in [0.25, 0.3) is 11.3 Å². The fraction of sp³-hybridized carbons (Fsp3) is 0.304. The average Bonchev–Trinajstić information content (AvgIpc) is 3.26. The molecule has 6 nitrogen and oxygen atoms in total. The second-order valence-corrected chi connectivity index (χ2v) is 8.09. The third-order valence-corrected chi connectivity index (χ3v) is 6.27. The maximum Gasteiger partial charge on any atom is 0.268 e. The molecule has 0 atom stereocenters. The zero-order valence-electron chi connectivity index (χ0n) is 17.2. The van der Waals surface area contributed by atoms with Crippen LogP contribution in [0.5, 0.6) is 11.5 Å². The fourth-order valence-corrected chi connectivity index (χ4v) is 4.59. The van der Waals surface area contributed by atoms with Crippen molar-refractivity contribution in [3.8, 4) is 22.8 Å². The second kappa shape index (κ2) is 9.17. The Morgan fingerprint density at radius 2 is 1.80 bits per heavy atom. The van der Waals surface area contributed by atoms with E-state index in [9.17, 15) is 4.79 Å². The van der Waals surface area contributed by atoms with Crippen molar-refractivity contribution in [3.05, 3.63) is 53.4 Å². The van der Waals surface area contributed by atoms with Crippen molar-refractivity contribution in [3.63, 3.8) is 0 Å². The number of amides is 1. The largest absolute Gasteiger partial charge is 0.497 e. The van der Waals surface area contributed by atoms with Crippen molar-refractivity contribution in [2.24, 2.45) is 0 Å². The van der Waals surface area contributed by atoms with Crippen LogP contribution in [0, 0.1) is 0 Å². The highest BCUT2D eigenvalue weighted by molar-refractivity contribution is 7.18. The Labute approximate surface area is 180 Å². The van der Waals surface area contributed by atoms with Gasteiger partial charge in [-0.3, -0.25) is 4.79 Å². The lowest BCUT2D eigenvalue weighted by molar-refractivity contribution is 0.103. The van der Waals surface area contributed by atoms with Gasteiger partial charge in [0.15, 0.2) is 5.13 Å². The van der Waals surface area contributed by atoms with Crippen molar-refractivity contribution < 1.29 is 14.3 Å². The molecule has 1 aliphatic rings. The predicted molar refractivity (Wildman–Crippen MR) is 121 cm³/mol. The minimum atomic E-state index is -0.196. The number of benzene rings is 2. The molecule has 1 aliphatic heterocycles. The molecule has 2 heterocycles. The van der Waals surface area contributed by atoms with Gasteiger partial charge in [0.05, 0.1) is 25.6 Å². The van der Waals surface area contributed by atoms with Gasteiger partial charge in [0.1, 0.15) is 16.4 Å². The van der Waals surface area contributed by atoms with Crippen LogP contribution in [0.4, 0.5) is 10.8 Å². The number of carbonyl (C=O) groups is 1. The number of piperidine rings is 1. The molecule has 0 aliphatic carbocycles. The van der Waals surface area contributed by atoms with E-state index in [1.165, 1.54) is 17.8 Å². The van der Waals surface area contributed by atoms with E-state index in [2.05, 4.69) is 10.2 Å². The maximum absolute atomic E-state index is 13.3. The highest BCUT2D eigenvalue weighted by Crippen LogP contribution is 2.36. The maximum atomic E-state index is 13.3. The van der Waals surface area contributed by atoms with Gasteiger partial charge in [-0.2, -0.15) is 0 Å².